The van der Waals surface area contributed by atoms with E-state index in [1.54, 1.807) is 13.8 Å². The summed E-state index contributed by atoms with van der Waals surface area (Å²) < 4.78 is 22.1. The predicted molar refractivity (Wildman–Crippen MR) is 84.2 cm³/mol. The van der Waals surface area contributed by atoms with Crippen LogP contribution in [-0.2, 0) is 35.2 Å². The third kappa shape index (κ3) is 3.58. The van der Waals surface area contributed by atoms with Crippen LogP contribution in [0.5, 0.6) is 0 Å². The Labute approximate surface area is 140 Å². The standard InChI is InChI=1S/C17H21NO6/c1-17(2)23-12(9-18-21-10-11-7-5-4-6-8-11)13-14(24-17)15(20-3)16(19)22-13/h4-9,12-15H,10H2,1-3H3/t12-,13?,14?,15+/m0/s1. The molecular formula is C17H21NO6. The van der Waals surface area contributed by atoms with Gasteiger partial charge in [0.25, 0.3) is 0 Å². The summed E-state index contributed by atoms with van der Waals surface area (Å²) in [4.78, 5) is 17.2. The number of carbonyl (C=O) groups is 1. The van der Waals surface area contributed by atoms with E-state index >= 15 is 0 Å². The molecule has 0 bridgehead atoms. The second-order valence-electron chi connectivity index (χ2n) is 6.14. The van der Waals surface area contributed by atoms with E-state index < -0.39 is 36.2 Å². The Hall–Kier alpha value is -1.96. The van der Waals surface area contributed by atoms with Crippen molar-refractivity contribution >= 4 is 12.2 Å². The molecule has 2 aliphatic heterocycles. The largest absolute Gasteiger partial charge is 0.454 e. The second-order valence-corrected chi connectivity index (χ2v) is 6.14. The fourth-order valence-corrected chi connectivity index (χ4v) is 2.84. The summed E-state index contributed by atoms with van der Waals surface area (Å²) in [5.74, 6) is -1.35. The van der Waals surface area contributed by atoms with E-state index in [0.29, 0.717) is 6.61 Å². The average Bonchev–Trinajstić information content (AvgIpc) is 2.86. The number of benzene rings is 1. The molecular weight excluding hydrogens is 314 g/mol. The van der Waals surface area contributed by atoms with E-state index in [9.17, 15) is 4.79 Å². The molecule has 3 rings (SSSR count). The molecule has 2 saturated heterocycles. The predicted octanol–water partition coefficient (Wildman–Crippen LogP) is 1.65. The Bertz CT molecular complexity index is 602. The first-order chi connectivity index (χ1) is 11.5. The first kappa shape index (κ1) is 16.9. The first-order valence-electron chi connectivity index (χ1n) is 7.78. The fourth-order valence-electron chi connectivity index (χ4n) is 2.84. The Morgan fingerprint density at radius 3 is 2.67 bits per heavy atom. The highest BCUT2D eigenvalue weighted by atomic mass is 16.8. The quantitative estimate of drug-likeness (QED) is 0.463. The van der Waals surface area contributed by atoms with Gasteiger partial charge in [-0.3, -0.25) is 0 Å². The Balaban J connectivity index is 1.65. The lowest BCUT2D eigenvalue weighted by Gasteiger charge is -2.41. The van der Waals surface area contributed by atoms with Gasteiger partial charge in [0, 0.05) is 7.11 Å². The zero-order valence-corrected chi connectivity index (χ0v) is 13.9. The number of ether oxygens (including phenoxy) is 4. The molecule has 1 aromatic carbocycles. The molecule has 0 spiro atoms. The molecule has 0 N–H and O–H groups in total. The molecule has 4 atom stereocenters. The van der Waals surface area contributed by atoms with Crippen LogP contribution in [0.3, 0.4) is 0 Å². The highest BCUT2D eigenvalue weighted by Crippen LogP contribution is 2.35. The molecule has 0 aromatic heterocycles. The Morgan fingerprint density at radius 2 is 1.96 bits per heavy atom. The molecule has 2 aliphatic rings. The van der Waals surface area contributed by atoms with Crippen LogP contribution in [0.15, 0.2) is 35.5 Å². The molecule has 130 valence electrons. The fraction of sp³-hybridized carbons (Fsp3) is 0.529. The molecule has 2 heterocycles. The van der Waals surface area contributed by atoms with E-state index in [0.717, 1.165) is 5.56 Å². The highest BCUT2D eigenvalue weighted by molar-refractivity contribution is 5.79. The number of hydrogen-bond donors (Lipinski definition) is 0. The number of methoxy groups -OCH3 is 1. The van der Waals surface area contributed by atoms with E-state index in [2.05, 4.69) is 5.16 Å². The lowest BCUT2D eigenvalue weighted by molar-refractivity contribution is -0.313. The summed E-state index contributed by atoms with van der Waals surface area (Å²) in [5.41, 5.74) is 1.01. The molecule has 0 aliphatic carbocycles. The van der Waals surface area contributed by atoms with Crippen molar-refractivity contribution in [1.82, 2.24) is 0 Å². The number of hydrogen-bond acceptors (Lipinski definition) is 7. The van der Waals surface area contributed by atoms with Crippen LogP contribution < -0.4 is 0 Å². The number of fused-ring (bicyclic) bond motifs is 1. The van der Waals surface area contributed by atoms with Gasteiger partial charge in [-0.15, -0.1) is 0 Å². The summed E-state index contributed by atoms with van der Waals surface area (Å²) >= 11 is 0. The van der Waals surface area contributed by atoms with Gasteiger partial charge in [-0.1, -0.05) is 35.5 Å². The van der Waals surface area contributed by atoms with Crippen LogP contribution in [0, 0.1) is 0 Å². The maximum atomic E-state index is 11.9. The van der Waals surface area contributed by atoms with Crippen molar-refractivity contribution in [2.45, 2.75) is 50.7 Å². The number of oxime groups is 1. The van der Waals surface area contributed by atoms with Gasteiger partial charge in [-0.05, 0) is 19.4 Å². The highest BCUT2D eigenvalue weighted by Gasteiger charge is 2.55. The number of nitrogens with zero attached hydrogens (tertiary/aromatic N) is 1. The first-order valence-corrected chi connectivity index (χ1v) is 7.78. The third-order valence-electron chi connectivity index (χ3n) is 3.88. The summed E-state index contributed by atoms with van der Waals surface area (Å²) in [6, 6.07) is 9.69. The van der Waals surface area contributed by atoms with Crippen molar-refractivity contribution < 1.29 is 28.6 Å². The van der Waals surface area contributed by atoms with Gasteiger partial charge in [0.1, 0.15) is 18.8 Å². The van der Waals surface area contributed by atoms with Crippen molar-refractivity contribution in [2.24, 2.45) is 5.16 Å². The van der Waals surface area contributed by atoms with Gasteiger partial charge in [0.05, 0.1) is 6.21 Å². The monoisotopic (exact) mass is 335 g/mol. The van der Waals surface area contributed by atoms with Crippen LogP contribution in [-0.4, -0.2) is 49.5 Å². The molecule has 7 heteroatoms. The summed E-state index contributed by atoms with van der Waals surface area (Å²) in [6.07, 6.45) is -0.995. The van der Waals surface area contributed by atoms with Crippen LogP contribution >= 0.6 is 0 Å². The van der Waals surface area contributed by atoms with Gasteiger partial charge < -0.3 is 23.8 Å². The average molecular weight is 335 g/mol. The van der Waals surface area contributed by atoms with Gasteiger partial charge in [-0.25, -0.2) is 4.79 Å². The van der Waals surface area contributed by atoms with E-state index in [-0.39, 0.29) is 0 Å². The van der Waals surface area contributed by atoms with Crippen LogP contribution in [0.2, 0.25) is 0 Å². The molecule has 0 amide bonds. The van der Waals surface area contributed by atoms with Crippen molar-refractivity contribution in [3.8, 4) is 0 Å². The molecule has 0 saturated carbocycles. The number of rotatable bonds is 5. The summed E-state index contributed by atoms with van der Waals surface area (Å²) in [5, 5.41) is 3.95. The van der Waals surface area contributed by atoms with Crippen LogP contribution in [0.4, 0.5) is 0 Å². The minimum atomic E-state index is -0.887. The molecule has 24 heavy (non-hydrogen) atoms. The van der Waals surface area contributed by atoms with Gasteiger partial charge in [0.15, 0.2) is 18.0 Å². The van der Waals surface area contributed by atoms with Crippen LogP contribution in [0.25, 0.3) is 0 Å². The number of esters is 1. The van der Waals surface area contributed by atoms with Crippen molar-refractivity contribution in [3.63, 3.8) is 0 Å². The SMILES string of the molecule is CO[C@H]1C(=O)OC2C1OC(C)(C)O[C@H]2C=NOCc1ccccc1. The lowest BCUT2D eigenvalue weighted by Crippen LogP contribution is -2.55. The van der Waals surface area contributed by atoms with Crippen molar-refractivity contribution in [1.29, 1.82) is 0 Å². The van der Waals surface area contributed by atoms with Gasteiger partial charge in [0.2, 0.25) is 0 Å². The minimum Gasteiger partial charge on any atom is -0.454 e. The second kappa shape index (κ2) is 6.88. The molecule has 1 aromatic rings. The smallest absolute Gasteiger partial charge is 0.338 e. The van der Waals surface area contributed by atoms with Crippen molar-refractivity contribution in [3.05, 3.63) is 35.9 Å². The maximum absolute atomic E-state index is 11.9. The van der Waals surface area contributed by atoms with E-state index in [1.807, 2.05) is 30.3 Å². The van der Waals surface area contributed by atoms with Crippen LogP contribution in [0.1, 0.15) is 19.4 Å². The van der Waals surface area contributed by atoms with E-state index in [4.69, 9.17) is 23.8 Å². The topological polar surface area (TPSA) is 75.6 Å². The minimum absolute atomic E-state index is 0.346. The maximum Gasteiger partial charge on any atom is 0.338 e. The molecule has 2 unspecified atom stereocenters. The summed E-state index contributed by atoms with van der Waals surface area (Å²) in [7, 11) is 1.45. The lowest BCUT2D eigenvalue weighted by atomic mass is 10.0. The van der Waals surface area contributed by atoms with E-state index in [1.165, 1.54) is 13.3 Å². The van der Waals surface area contributed by atoms with Crippen molar-refractivity contribution in [2.75, 3.05) is 7.11 Å². The zero-order chi connectivity index (χ0) is 17.2. The Kier molecular flexibility index (Phi) is 4.84. The van der Waals surface area contributed by atoms with Gasteiger partial charge in [-0.2, -0.15) is 0 Å². The Morgan fingerprint density at radius 1 is 1.21 bits per heavy atom. The normalized spacial score (nSPS) is 31.7. The summed E-state index contributed by atoms with van der Waals surface area (Å²) in [6.45, 7) is 3.88. The molecule has 7 nitrogen and oxygen atoms in total. The number of carbonyl (C=O) groups excluding carboxylic acids is 1. The third-order valence-corrected chi connectivity index (χ3v) is 3.88. The van der Waals surface area contributed by atoms with Gasteiger partial charge >= 0.3 is 5.97 Å². The molecule has 0 radical (unpaired) electrons. The zero-order valence-electron chi connectivity index (χ0n) is 13.9. The molecule has 2 fully saturated rings.